The minimum Gasteiger partial charge on any atom is -0.395 e. The van der Waals surface area contributed by atoms with Crippen molar-refractivity contribution in [1.29, 1.82) is 0 Å². The molecule has 2 N–H and O–H groups in total. The fraction of sp³-hybridized carbons (Fsp3) is 0.200. The summed E-state index contributed by atoms with van der Waals surface area (Å²) < 4.78 is 0.800. The van der Waals surface area contributed by atoms with Gasteiger partial charge in [0, 0.05) is 16.4 Å². The highest BCUT2D eigenvalue weighted by atomic mass is 79.9. The van der Waals surface area contributed by atoms with E-state index in [1.54, 1.807) is 6.07 Å². The number of halogens is 2. The highest BCUT2D eigenvalue weighted by molar-refractivity contribution is 9.10. The summed E-state index contributed by atoms with van der Waals surface area (Å²) in [6.07, 6.45) is 1.47. The molecule has 84 valence electrons. The summed E-state index contributed by atoms with van der Waals surface area (Å²) in [5.74, 6) is 0.674. The topological polar surface area (TPSA) is 58.0 Å². The van der Waals surface area contributed by atoms with Gasteiger partial charge in [-0.15, -0.1) is 0 Å². The summed E-state index contributed by atoms with van der Waals surface area (Å²) in [6.45, 7) is 0.496. The van der Waals surface area contributed by atoms with E-state index in [1.807, 2.05) is 6.07 Å². The van der Waals surface area contributed by atoms with Crippen molar-refractivity contribution in [3.05, 3.63) is 28.0 Å². The molecule has 1 aromatic heterocycles. The second-order valence-corrected chi connectivity index (χ2v) is 4.42. The number of aromatic nitrogens is 2. The smallest absolute Gasteiger partial charge is 0.137 e. The van der Waals surface area contributed by atoms with E-state index in [0.717, 1.165) is 15.4 Å². The average Bonchev–Trinajstić information content (AvgIpc) is 2.28. The van der Waals surface area contributed by atoms with Crippen molar-refractivity contribution < 1.29 is 5.11 Å². The maximum absolute atomic E-state index is 8.76. The Kier molecular flexibility index (Phi) is 3.58. The number of benzene rings is 1. The first kappa shape index (κ1) is 11.6. The van der Waals surface area contributed by atoms with E-state index in [2.05, 4.69) is 31.2 Å². The fourth-order valence-corrected chi connectivity index (χ4v) is 1.86. The molecule has 0 radical (unpaired) electrons. The van der Waals surface area contributed by atoms with Crippen LogP contribution in [0.3, 0.4) is 0 Å². The van der Waals surface area contributed by atoms with Gasteiger partial charge in [-0.05, 0) is 28.1 Å². The molecule has 6 heteroatoms. The van der Waals surface area contributed by atoms with Gasteiger partial charge in [-0.3, -0.25) is 0 Å². The normalized spacial score (nSPS) is 10.7. The van der Waals surface area contributed by atoms with Crippen molar-refractivity contribution in [2.24, 2.45) is 0 Å². The van der Waals surface area contributed by atoms with Crippen molar-refractivity contribution in [3.63, 3.8) is 0 Å². The zero-order valence-corrected chi connectivity index (χ0v) is 10.6. The van der Waals surface area contributed by atoms with E-state index in [1.165, 1.54) is 6.33 Å². The summed E-state index contributed by atoms with van der Waals surface area (Å²) in [6, 6.07) is 3.63. The van der Waals surface area contributed by atoms with Crippen LogP contribution in [0.4, 0.5) is 5.82 Å². The van der Waals surface area contributed by atoms with Gasteiger partial charge in [0.1, 0.15) is 12.1 Å². The monoisotopic (exact) mass is 301 g/mol. The maximum atomic E-state index is 8.76. The first-order valence-electron chi connectivity index (χ1n) is 4.67. The molecule has 0 bridgehead atoms. The van der Waals surface area contributed by atoms with Crippen LogP contribution in [0.2, 0.25) is 5.02 Å². The van der Waals surface area contributed by atoms with Gasteiger partial charge in [-0.1, -0.05) is 11.6 Å². The van der Waals surface area contributed by atoms with Gasteiger partial charge < -0.3 is 10.4 Å². The fourth-order valence-electron chi connectivity index (χ4n) is 1.37. The molecule has 0 saturated carbocycles. The standard InChI is InChI=1S/C10H9BrClN3O/c11-7-4-9-6(3-8(7)12)10(13-1-2-16)15-5-14-9/h3-5,16H,1-2H2,(H,13,14,15). The third-order valence-electron chi connectivity index (χ3n) is 2.08. The lowest BCUT2D eigenvalue weighted by molar-refractivity contribution is 0.311. The van der Waals surface area contributed by atoms with Gasteiger partial charge in [0.05, 0.1) is 17.1 Å². The maximum Gasteiger partial charge on any atom is 0.137 e. The van der Waals surface area contributed by atoms with Crippen molar-refractivity contribution in [2.45, 2.75) is 0 Å². The predicted octanol–water partition coefficient (Wildman–Crippen LogP) is 2.45. The van der Waals surface area contributed by atoms with Crippen LogP contribution in [0, 0.1) is 0 Å². The van der Waals surface area contributed by atoms with Gasteiger partial charge >= 0.3 is 0 Å². The summed E-state index contributed by atoms with van der Waals surface area (Å²) in [5.41, 5.74) is 0.798. The number of anilines is 1. The Morgan fingerprint density at radius 2 is 2.19 bits per heavy atom. The molecule has 0 aliphatic heterocycles. The SMILES string of the molecule is OCCNc1ncnc2cc(Br)c(Cl)cc12. The summed E-state index contributed by atoms with van der Waals surface area (Å²) in [4.78, 5) is 8.26. The lowest BCUT2D eigenvalue weighted by Gasteiger charge is -2.07. The summed E-state index contributed by atoms with van der Waals surface area (Å²) >= 11 is 9.35. The van der Waals surface area contributed by atoms with Gasteiger partial charge in [-0.25, -0.2) is 9.97 Å². The third kappa shape index (κ3) is 2.26. The van der Waals surface area contributed by atoms with E-state index >= 15 is 0 Å². The molecule has 1 aromatic carbocycles. The molecule has 0 fully saturated rings. The molecule has 16 heavy (non-hydrogen) atoms. The zero-order valence-electron chi connectivity index (χ0n) is 8.24. The third-order valence-corrected chi connectivity index (χ3v) is 3.28. The summed E-state index contributed by atoms with van der Waals surface area (Å²) in [5, 5.41) is 13.2. The second kappa shape index (κ2) is 4.95. The van der Waals surface area contributed by atoms with Crippen LogP contribution in [0.25, 0.3) is 10.9 Å². The molecule has 0 atom stereocenters. The number of rotatable bonds is 3. The van der Waals surface area contributed by atoms with Crippen LogP contribution >= 0.6 is 27.5 Å². The van der Waals surface area contributed by atoms with Crippen LogP contribution in [-0.4, -0.2) is 28.2 Å². The molecule has 4 nitrogen and oxygen atoms in total. The quantitative estimate of drug-likeness (QED) is 0.914. The van der Waals surface area contributed by atoms with Gasteiger partial charge in [0.2, 0.25) is 0 Å². The average molecular weight is 303 g/mol. The van der Waals surface area contributed by atoms with Gasteiger partial charge in [0.15, 0.2) is 0 Å². The van der Waals surface area contributed by atoms with E-state index < -0.39 is 0 Å². The molecular weight excluding hydrogens is 293 g/mol. The number of aliphatic hydroxyl groups excluding tert-OH is 1. The molecule has 2 aromatic rings. The number of nitrogens with one attached hydrogen (secondary N) is 1. The van der Waals surface area contributed by atoms with Crippen LogP contribution < -0.4 is 5.32 Å². The largest absolute Gasteiger partial charge is 0.395 e. The number of hydrogen-bond acceptors (Lipinski definition) is 4. The lowest BCUT2D eigenvalue weighted by Crippen LogP contribution is -2.07. The van der Waals surface area contributed by atoms with Gasteiger partial charge in [0.25, 0.3) is 0 Å². The molecule has 0 spiro atoms. The Morgan fingerprint density at radius 1 is 1.38 bits per heavy atom. The highest BCUT2D eigenvalue weighted by Crippen LogP contribution is 2.29. The summed E-state index contributed by atoms with van der Waals surface area (Å²) in [7, 11) is 0. The van der Waals surface area contributed by atoms with Crippen LogP contribution in [0.15, 0.2) is 22.9 Å². The Labute approximate surface area is 106 Å². The van der Waals surface area contributed by atoms with Crippen LogP contribution in [0.5, 0.6) is 0 Å². The Hall–Kier alpha value is -0.910. The minimum absolute atomic E-state index is 0.0513. The van der Waals surface area contributed by atoms with Crippen molar-refractivity contribution >= 4 is 44.3 Å². The molecule has 0 aliphatic rings. The number of nitrogens with zero attached hydrogens (tertiary/aromatic N) is 2. The number of aliphatic hydroxyl groups is 1. The predicted molar refractivity (Wildman–Crippen MR) is 67.8 cm³/mol. The number of fused-ring (bicyclic) bond motifs is 1. The Balaban J connectivity index is 2.53. The molecule has 0 saturated heterocycles. The van der Waals surface area contributed by atoms with Crippen LogP contribution in [0.1, 0.15) is 0 Å². The molecular formula is C10H9BrClN3O. The first-order chi connectivity index (χ1) is 7.72. The van der Waals surface area contributed by atoms with E-state index in [0.29, 0.717) is 17.4 Å². The molecule has 0 unspecified atom stereocenters. The molecule has 0 amide bonds. The lowest BCUT2D eigenvalue weighted by atomic mass is 10.2. The molecule has 2 rings (SSSR count). The van der Waals surface area contributed by atoms with Crippen molar-refractivity contribution in [2.75, 3.05) is 18.5 Å². The van der Waals surface area contributed by atoms with E-state index in [4.69, 9.17) is 16.7 Å². The molecule has 0 aliphatic carbocycles. The van der Waals surface area contributed by atoms with E-state index in [9.17, 15) is 0 Å². The van der Waals surface area contributed by atoms with E-state index in [-0.39, 0.29) is 6.61 Å². The Bertz CT molecular complexity index is 521. The molecule has 1 heterocycles. The zero-order chi connectivity index (χ0) is 11.5. The van der Waals surface area contributed by atoms with Crippen molar-refractivity contribution in [3.8, 4) is 0 Å². The van der Waals surface area contributed by atoms with Crippen molar-refractivity contribution in [1.82, 2.24) is 9.97 Å². The second-order valence-electron chi connectivity index (χ2n) is 3.16. The first-order valence-corrected chi connectivity index (χ1v) is 5.84. The van der Waals surface area contributed by atoms with Gasteiger partial charge in [-0.2, -0.15) is 0 Å². The highest BCUT2D eigenvalue weighted by Gasteiger charge is 2.06. The minimum atomic E-state index is 0.0513. The Morgan fingerprint density at radius 3 is 2.94 bits per heavy atom. The van der Waals surface area contributed by atoms with Crippen LogP contribution in [-0.2, 0) is 0 Å². The number of hydrogen-bond donors (Lipinski definition) is 2.